The molecule has 3 fully saturated rings. The highest BCUT2D eigenvalue weighted by Gasteiger charge is 2.70. The predicted octanol–water partition coefficient (Wildman–Crippen LogP) is 2.21. The molecule has 0 aromatic rings. The van der Waals surface area contributed by atoms with Crippen LogP contribution in [0.5, 0.6) is 0 Å². The third kappa shape index (κ3) is 0.618. The minimum absolute atomic E-state index is 0.314. The van der Waals surface area contributed by atoms with Gasteiger partial charge in [0.05, 0.1) is 11.7 Å². The lowest BCUT2D eigenvalue weighted by Crippen LogP contribution is -2.16. The Morgan fingerprint density at radius 3 is 2.55 bits per heavy atom. The smallest absolute Gasteiger partial charge is 0.0923 e. The fourth-order valence-electron chi connectivity index (χ4n) is 3.17. The van der Waals surface area contributed by atoms with Crippen LogP contribution in [-0.2, 0) is 4.74 Å². The Kier molecular flexibility index (Phi) is 0.820. The lowest BCUT2D eigenvalue weighted by atomic mass is 9.91. The molecule has 62 valence electrons. The zero-order chi connectivity index (χ0) is 7.85. The fraction of sp³-hybridized carbons (Fsp3) is 1.00. The molecule has 0 aromatic heterocycles. The van der Waals surface area contributed by atoms with Gasteiger partial charge in [-0.2, -0.15) is 0 Å². The van der Waals surface area contributed by atoms with Gasteiger partial charge in [0.25, 0.3) is 0 Å². The molecule has 3 aliphatic rings. The summed E-state index contributed by atoms with van der Waals surface area (Å²) in [6.45, 7) is 7.11. The standard InChI is InChI=1S/C10H16O/c1-9(2)6-4-8-10(3,11-8)5-7(6)9/h6-8H,4-5H2,1-3H3/t6-,7+,8?,10?/m0/s1. The first-order chi connectivity index (χ1) is 5.04. The Morgan fingerprint density at radius 2 is 1.91 bits per heavy atom. The number of hydrogen-bond acceptors (Lipinski definition) is 1. The van der Waals surface area contributed by atoms with E-state index in [0.717, 1.165) is 11.8 Å². The van der Waals surface area contributed by atoms with E-state index in [4.69, 9.17) is 4.74 Å². The quantitative estimate of drug-likeness (QED) is 0.485. The molecular weight excluding hydrogens is 136 g/mol. The van der Waals surface area contributed by atoms with Gasteiger partial charge >= 0.3 is 0 Å². The Balaban J connectivity index is 1.85. The SMILES string of the molecule is CC12C[C@@H]3[C@H](CC1O2)C3(C)C. The molecule has 1 saturated heterocycles. The normalized spacial score (nSPS) is 63.0. The van der Waals surface area contributed by atoms with Gasteiger partial charge in [0.15, 0.2) is 0 Å². The van der Waals surface area contributed by atoms with E-state index < -0.39 is 0 Å². The molecule has 2 saturated carbocycles. The third-order valence-corrected chi connectivity index (χ3v) is 4.42. The number of rotatable bonds is 0. The van der Waals surface area contributed by atoms with E-state index in [2.05, 4.69) is 20.8 Å². The van der Waals surface area contributed by atoms with Crippen LogP contribution in [0.4, 0.5) is 0 Å². The molecule has 0 N–H and O–H groups in total. The van der Waals surface area contributed by atoms with Gasteiger partial charge in [-0.1, -0.05) is 13.8 Å². The predicted molar refractivity (Wildman–Crippen MR) is 43.3 cm³/mol. The van der Waals surface area contributed by atoms with Crippen LogP contribution >= 0.6 is 0 Å². The van der Waals surface area contributed by atoms with Gasteiger partial charge in [-0.3, -0.25) is 0 Å². The number of epoxide rings is 1. The van der Waals surface area contributed by atoms with E-state index >= 15 is 0 Å². The van der Waals surface area contributed by atoms with Crippen molar-refractivity contribution in [3.63, 3.8) is 0 Å². The third-order valence-electron chi connectivity index (χ3n) is 4.42. The Bertz CT molecular complexity index is 221. The zero-order valence-electron chi connectivity index (χ0n) is 7.55. The highest BCUT2D eigenvalue weighted by Crippen LogP contribution is 2.70. The van der Waals surface area contributed by atoms with Crippen molar-refractivity contribution in [3.8, 4) is 0 Å². The van der Waals surface area contributed by atoms with Crippen molar-refractivity contribution in [2.24, 2.45) is 17.3 Å². The Morgan fingerprint density at radius 1 is 1.18 bits per heavy atom. The van der Waals surface area contributed by atoms with Crippen LogP contribution in [0.15, 0.2) is 0 Å². The van der Waals surface area contributed by atoms with E-state index in [9.17, 15) is 0 Å². The molecule has 1 aliphatic heterocycles. The minimum atomic E-state index is 0.314. The maximum Gasteiger partial charge on any atom is 0.0923 e. The molecule has 2 unspecified atom stereocenters. The summed E-state index contributed by atoms with van der Waals surface area (Å²) in [5.74, 6) is 1.97. The molecule has 0 spiro atoms. The van der Waals surface area contributed by atoms with E-state index in [1.807, 2.05) is 0 Å². The lowest BCUT2D eigenvalue weighted by molar-refractivity contribution is 0.282. The first-order valence-corrected chi connectivity index (χ1v) is 4.72. The molecule has 4 atom stereocenters. The van der Waals surface area contributed by atoms with Crippen molar-refractivity contribution in [2.45, 2.75) is 45.3 Å². The second-order valence-corrected chi connectivity index (χ2v) is 5.39. The monoisotopic (exact) mass is 152 g/mol. The molecule has 1 heterocycles. The Hall–Kier alpha value is -0.0400. The molecule has 11 heavy (non-hydrogen) atoms. The van der Waals surface area contributed by atoms with Gasteiger partial charge in [0, 0.05) is 0 Å². The summed E-state index contributed by atoms with van der Waals surface area (Å²) >= 11 is 0. The molecule has 1 nitrogen and oxygen atoms in total. The largest absolute Gasteiger partial charge is 0.366 e. The van der Waals surface area contributed by atoms with Crippen LogP contribution in [0.3, 0.4) is 0 Å². The number of fused-ring (bicyclic) bond motifs is 2. The molecule has 3 rings (SSSR count). The molecule has 0 amide bonds. The van der Waals surface area contributed by atoms with Gasteiger partial charge in [-0.15, -0.1) is 0 Å². The molecule has 2 aliphatic carbocycles. The van der Waals surface area contributed by atoms with Crippen molar-refractivity contribution in [1.82, 2.24) is 0 Å². The minimum Gasteiger partial charge on any atom is -0.366 e. The van der Waals surface area contributed by atoms with Crippen molar-refractivity contribution in [1.29, 1.82) is 0 Å². The second kappa shape index (κ2) is 1.39. The van der Waals surface area contributed by atoms with Crippen LogP contribution in [0, 0.1) is 17.3 Å². The average molecular weight is 152 g/mol. The summed E-state index contributed by atoms with van der Waals surface area (Å²) in [6.07, 6.45) is 3.30. The van der Waals surface area contributed by atoms with E-state index in [0.29, 0.717) is 17.1 Å². The van der Waals surface area contributed by atoms with Crippen LogP contribution in [0.2, 0.25) is 0 Å². The lowest BCUT2D eigenvalue weighted by Gasteiger charge is -2.09. The van der Waals surface area contributed by atoms with Crippen molar-refractivity contribution >= 4 is 0 Å². The first kappa shape index (κ1) is 6.47. The summed E-state index contributed by atoms with van der Waals surface area (Å²) in [6, 6.07) is 0. The van der Waals surface area contributed by atoms with Gasteiger partial charge < -0.3 is 4.74 Å². The van der Waals surface area contributed by atoms with Crippen LogP contribution in [-0.4, -0.2) is 11.7 Å². The second-order valence-electron chi connectivity index (χ2n) is 5.39. The zero-order valence-corrected chi connectivity index (χ0v) is 7.55. The topological polar surface area (TPSA) is 12.5 Å². The van der Waals surface area contributed by atoms with E-state index in [-0.39, 0.29) is 0 Å². The van der Waals surface area contributed by atoms with E-state index in [1.54, 1.807) is 0 Å². The molecule has 0 aromatic carbocycles. The van der Waals surface area contributed by atoms with Gasteiger partial charge in [0.1, 0.15) is 0 Å². The maximum atomic E-state index is 5.66. The molecule has 0 radical (unpaired) electrons. The van der Waals surface area contributed by atoms with Crippen LogP contribution in [0.25, 0.3) is 0 Å². The van der Waals surface area contributed by atoms with Crippen LogP contribution < -0.4 is 0 Å². The first-order valence-electron chi connectivity index (χ1n) is 4.72. The van der Waals surface area contributed by atoms with Crippen LogP contribution in [0.1, 0.15) is 33.6 Å². The van der Waals surface area contributed by atoms with Crippen molar-refractivity contribution in [3.05, 3.63) is 0 Å². The summed E-state index contributed by atoms with van der Waals surface area (Å²) in [5, 5.41) is 0. The maximum absolute atomic E-state index is 5.66. The Labute approximate surface area is 68.1 Å². The fourth-order valence-corrected chi connectivity index (χ4v) is 3.17. The molecule has 1 heteroatoms. The highest BCUT2D eigenvalue weighted by atomic mass is 16.6. The number of ether oxygens (including phenoxy) is 1. The summed E-state index contributed by atoms with van der Waals surface area (Å²) in [7, 11) is 0. The summed E-state index contributed by atoms with van der Waals surface area (Å²) in [5.41, 5.74) is 0.967. The average Bonchev–Trinajstić information content (AvgIpc) is 2.68. The van der Waals surface area contributed by atoms with Gasteiger partial charge in [-0.25, -0.2) is 0 Å². The molecule has 0 bridgehead atoms. The molecular formula is C10H16O. The summed E-state index contributed by atoms with van der Waals surface area (Å²) < 4.78 is 5.66. The van der Waals surface area contributed by atoms with Crippen molar-refractivity contribution < 1.29 is 4.74 Å². The number of hydrogen-bond donors (Lipinski definition) is 0. The highest BCUT2D eigenvalue weighted by molar-refractivity contribution is 5.18. The van der Waals surface area contributed by atoms with Crippen molar-refractivity contribution in [2.75, 3.05) is 0 Å². The summed E-state index contributed by atoms with van der Waals surface area (Å²) in [4.78, 5) is 0. The van der Waals surface area contributed by atoms with Gasteiger partial charge in [-0.05, 0) is 37.0 Å². The van der Waals surface area contributed by atoms with Gasteiger partial charge in [0.2, 0.25) is 0 Å². The van der Waals surface area contributed by atoms with E-state index in [1.165, 1.54) is 12.8 Å².